The van der Waals surface area contributed by atoms with Gasteiger partial charge in [0.2, 0.25) is 5.95 Å². The van der Waals surface area contributed by atoms with Crippen LogP contribution in [0.4, 0.5) is 0 Å². The van der Waals surface area contributed by atoms with E-state index in [1.165, 1.54) is 33.2 Å². The molecule has 288 valence electrons. The van der Waals surface area contributed by atoms with Crippen molar-refractivity contribution < 1.29 is 4.74 Å². The van der Waals surface area contributed by atoms with E-state index < -0.39 is 5.41 Å². The van der Waals surface area contributed by atoms with Gasteiger partial charge in [0.15, 0.2) is 0 Å². The summed E-state index contributed by atoms with van der Waals surface area (Å²) in [5.41, 5.74) is 12.4. The molecule has 0 radical (unpaired) electrons. The van der Waals surface area contributed by atoms with Crippen molar-refractivity contribution in [3.8, 4) is 34.1 Å². The maximum absolute atomic E-state index is 6.30. The summed E-state index contributed by atoms with van der Waals surface area (Å²) in [6.07, 6.45) is 15.5. The summed E-state index contributed by atoms with van der Waals surface area (Å²) in [6.45, 7) is 11.2. The van der Waals surface area contributed by atoms with Crippen LogP contribution in [-0.2, 0) is 16.2 Å². The van der Waals surface area contributed by atoms with Crippen molar-refractivity contribution in [1.82, 2.24) is 14.5 Å². The SMILES string of the molecule is C=C/C(=C\C=C/C1(C)C=Cc2c1n(-c1nc(-c3ccccc3)c3ccccc3n1)c1ccc(-c3ccccc3)cc21)c1cccc([C@@]2(C)C=C3Oc4ccccc4C32C)c1. The molecule has 4 nitrogen and oxygen atoms in total. The predicted molar refractivity (Wildman–Crippen MR) is 247 cm³/mol. The number of ether oxygens (including phenoxy) is 1. The summed E-state index contributed by atoms with van der Waals surface area (Å²) in [5.74, 6) is 2.65. The Morgan fingerprint density at radius 3 is 2.27 bits per heavy atom. The van der Waals surface area contributed by atoms with Crippen LogP contribution in [0.15, 0.2) is 200 Å². The Hall–Kier alpha value is -7.30. The second kappa shape index (κ2) is 13.4. The van der Waals surface area contributed by atoms with Crippen molar-refractivity contribution in [2.24, 2.45) is 0 Å². The number of nitrogens with zero attached hydrogens (tertiary/aromatic N) is 3. The number of fused-ring (bicyclic) bond motifs is 7. The lowest BCUT2D eigenvalue weighted by Crippen LogP contribution is -2.51. The molecule has 3 heterocycles. The maximum atomic E-state index is 6.30. The molecule has 0 fully saturated rings. The molecule has 2 aliphatic carbocycles. The van der Waals surface area contributed by atoms with E-state index in [0.717, 1.165) is 56.0 Å². The molecule has 0 saturated carbocycles. The van der Waals surface area contributed by atoms with E-state index in [4.69, 9.17) is 14.7 Å². The molecule has 2 unspecified atom stereocenters. The fourth-order valence-corrected chi connectivity index (χ4v) is 9.87. The highest BCUT2D eigenvalue weighted by Crippen LogP contribution is 2.63. The van der Waals surface area contributed by atoms with Gasteiger partial charge in [-0.15, -0.1) is 0 Å². The maximum Gasteiger partial charge on any atom is 0.235 e. The van der Waals surface area contributed by atoms with Crippen LogP contribution in [0.5, 0.6) is 5.75 Å². The third-order valence-corrected chi connectivity index (χ3v) is 13.4. The molecule has 2 aromatic heterocycles. The van der Waals surface area contributed by atoms with Gasteiger partial charge in [-0.25, -0.2) is 9.97 Å². The Morgan fingerprint density at radius 2 is 1.45 bits per heavy atom. The van der Waals surface area contributed by atoms with Gasteiger partial charge in [0.05, 0.1) is 22.1 Å². The normalized spacial score (nSPS) is 21.4. The summed E-state index contributed by atoms with van der Waals surface area (Å²) in [6, 6.07) is 53.4. The van der Waals surface area contributed by atoms with Crippen molar-refractivity contribution in [2.75, 3.05) is 0 Å². The second-order valence-corrected chi connectivity index (χ2v) is 16.8. The Balaban J connectivity index is 1.02. The average Bonchev–Trinajstić information content (AvgIpc) is 3.90. The molecule has 0 spiro atoms. The number of aromatic nitrogens is 3. The molecule has 0 amide bonds. The first-order valence-corrected chi connectivity index (χ1v) is 20.7. The molecule has 11 rings (SSSR count). The molecule has 8 aromatic rings. The first kappa shape index (κ1) is 35.8. The van der Waals surface area contributed by atoms with E-state index in [1.54, 1.807) is 0 Å². The summed E-state index contributed by atoms with van der Waals surface area (Å²) < 4.78 is 8.59. The van der Waals surface area contributed by atoms with Gasteiger partial charge in [-0.1, -0.05) is 177 Å². The van der Waals surface area contributed by atoms with Gasteiger partial charge in [-0.2, -0.15) is 0 Å². The third-order valence-electron chi connectivity index (χ3n) is 13.4. The largest absolute Gasteiger partial charge is 0.461 e. The molecular formula is C56H43N3O. The minimum atomic E-state index is -0.473. The zero-order valence-corrected chi connectivity index (χ0v) is 33.9. The predicted octanol–water partition coefficient (Wildman–Crippen LogP) is 13.5. The van der Waals surface area contributed by atoms with Crippen LogP contribution in [0.25, 0.3) is 61.8 Å². The minimum Gasteiger partial charge on any atom is -0.461 e. The van der Waals surface area contributed by atoms with E-state index in [1.807, 2.05) is 18.2 Å². The highest BCUT2D eigenvalue weighted by molar-refractivity contribution is 5.99. The fraction of sp³-hybridized carbons (Fsp3) is 0.107. The van der Waals surface area contributed by atoms with Crippen LogP contribution in [0.2, 0.25) is 0 Å². The number of para-hydroxylation sites is 2. The molecule has 6 aromatic carbocycles. The zero-order valence-electron chi connectivity index (χ0n) is 33.9. The van der Waals surface area contributed by atoms with Crippen molar-refractivity contribution >= 4 is 33.5 Å². The average molecular weight is 774 g/mol. The van der Waals surface area contributed by atoms with Gasteiger partial charge in [0.1, 0.15) is 11.5 Å². The van der Waals surface area contributed by atoms with Crippen LogP contribution >= 0.6 is 0 Å². The van der Waals surface area contributed by atoms with E-state index in [2.05, 4.69) is 208 Å². The highest BCUT2D eigenvalue weighted by atomic mass is 16.5. The number of rotatable bonds is 8. The van der Waals surface area contributed by atoms with Crippen LogP contribution < -0.4 is 4.74 Å². The van der Waals surface area contributed by atoms with Crippen LogP contribution in [0.3, 0.4) is 0 Å². The Kier molecular flexibility index (Phi) is 7.98. The van der Waals surface area contributed by atoms with Crippen LogP contribution in [0, 0.1) is 0 Å². The molecule has 3 atom stereocenters. The monoisotopic (exact) mass is 773 g/mol. The van der Waals surface area contributed by atoms with Gasteiger partial charge in [-0.05, 0) is 72.0 Å². The van der Waals surface area contributed by atoms with Gasteiger partial charge in [-0.3, -0.25) is 4.57 Å². The lowest BCUT2D eigenvalue weighted by Gasteiger charge is -2.50. The molecule has 3 aliphatic rings. The zero-order chi connectivity index (χ0) is 40.6. The van der Waals surface area contributed by atoms with E-state index in [-0.39, 0.29) is 10.8 Å². The molecule has 60 heavy (non-hydrogen) atoms. The first-order chi connectivity index (χ1) is 29.3. The van der Waals surface area contributed by atoms with E-state index in [0.29, 0.717) is 5.95 Å². The van der Waals surface area contributed by atoms with Crippen molar-refractivity contribution in [3.05, 3.63) is 228 Å². The smallest absolute Gasteiger partial charge is 0.235 e. The number of hydrogen-bond acceptors (Lipinski definition) is 3. The minimum absolute atomic E-state index is 0.218. The number of benzene rings is 6. The molecule has 0 saturated heterocycles. The number of hydrogen-bond donors (Lipinski definition) is 0. The Bertz CT molecular complexity index is 3190. The van der Waals surface area contributed by atoms with Crippen molar-refractivity contribution in [3.63, 3.8) is 0 Å². The summed E-state index contributed by atoms with van der Waals surface area (Å²) in [4.78, 5) is 10.7. The van der Waals surface area contributed by atoms with Crippen molar-refractivity contribution in [1.29, 1.82) is 0 Å². The summed E-state index contributed by atoms with van der Waals surface area (Å²) in [7, 11) is 0. The Morgan fingerprint density at radius 1 is 0.700 bits per heavy atom. The van der Waals surface area contributed by atoms with Gasteiger partial charge in [0, 0.05) is 44.0 Å². The summed E-state index contributed by atoms with van der Waals surface area (Å²) in [5, 5.41) is 2.19. The molecule has 1 aliphatic heterocycles. The van der Waals surface area contributed by atoms with Crippen LogP contribution in [0.1, 0.15) is 48.7 Å². The molecule has 0 N–H and O–H groups in total. The lowest BCUT2D eigenvalue weighted by molar-refractivity contribution is 0.239. The molecular weight excluding hydrogens is 731 g/mol. The quantitative estimate of drug-likeness (QED) is 0.144. The van der Waals surface area contributed by atoms with Gasteiger partial charge >= 0.3 is 0 Å². The lowest BCUT2D eigenvalue weighted by atomic mass is 9.51. The fourth-order valence-electron chi connectivity index (χ4n) is 9.87. The Labute approximate surface area is 350 Å². The topological polar surface area (TPSA) is 39.9 Å². The van der Waals surface area contributed by atoms with E-state index >= 15 is 0 Å². The van der Waals surface area contributed by atoms with Crippen molar-refractivity contribution in [2.45, 2.75) is 37.0 Å². The van der Waals surface area contributed by atoms with E-state index in [9.17, 15) is 0 Å². The van der Waals surface area contributed by atoms with Crippen LogP contribution in [-0.4, -0.2) is 14.5 Å². The third kappa shape index (κ3) is 5.23. The van der Waals surface area contributed by atoms with Gasteiger partial charge in [0.25, 0.3) is 0 Å². The first-order valence-electron chi connectivity index (χ1n) is 20.7. The second-order valence-electron chi connectivity index (χ2n) is 16.8. The standard InChI is InChI=1S/C56H43N3O/c1-5-37(40-22-16-24-42(34-40)55(3)36-50-56(55,4)46-26-13-15-28-49(46)60-50)23-17-32-54(2)33-31-43-45-35-41(38-18-8-6-9-19-38)29-30-48(45)59(52(43)54)53-57-47-27-14-12-25-44(47)51(58-53)39-20-10-7-11-21-39/h5-36H,1H2,2-4H3/b32-17-,37-23+/t54?,55-,56?/m1/s1. The molecule has 0 bridgehead atoms. The van der Waals surface area contributed by atoms with Gasteiger partial charge < -0.3 is 4.74 Å². The highest BCUT2D eigenvalue weighted by Gasteiger charge is 2.61. The number of allylic oxidation sites excluding steroid dienone is 8. The summed E-state index contributed by atoms with van der Waals surface area (Å²) >= 11 is 0. The molecule has 4 heteroatoms.